The van der Waals surface area contributed by atoms with Crippen LogP contribution >= 0.6 is 0 Å². The van der Waals surface area contributed by atoms with Crippen LogP contribution in [0, 0.1) is 29.1 Å². The van der Waals surface area contributed by atoms with Crippen molar-refractivity contribution < 1.29 is 9.59 Å². The summed E-state index contributed by atoms with van der Waals surface area (Å²) in [5, 5.41) is 0. The number of fused-ring (bicyclic) bond motifs is 3. The Bertz CT molecular complexity index is 403. The van der Waals surface area contributed by atoms with Crippen LogP contribution in [0.5, 0.6) is 0 Å². The molecular formula is C13H12O2. The summed E-state index contributed by atoms with van der Waals surface area (Å²) >= 11 is 0. The van der Waals surface area contributed by atoms with Gasteiger partial charge in [0.2, 0.25) is 0 Å². The molecule has 0 aromatic heterocycles. The Labute approximate surface area is 88.0 Å². The van der Waals surface area contributed by atoms with Gasteiger partial charge in [0.05, 0.1) is 0 Å². The number of carbonyl (C=O) groups excluding carboxylic acids is 2. The molecular weight excluding hydrogens is 188 g/mol. The van der Waals surface area contributed by atoms with Gasteiger partial charge in [0.25, 0.3) is 0 Å². The Kier molecular flexibility index (Phi) is 1.15. The lowest BCUT2D eigenvalue weighted by Gasteiger charge is -2.26. The van der Waals surface area contributed by atoms with Gasteiger partial charge >= 0.3 is 0 Å². The molecule has 0 aromatic rings. The van der Waals surface area contributed by atoms with E-state index in [9.17, 15) is 9.59 Å². The van der Waals surface area contributed by atoms with Crippen molar-refractivity contribution in [2.45, 2.75) is 12.8 Å². The molecule has 0 aliphatic heterocycles. The molecule has 0 saturated heterocycles. The highest BCUT2D eigenvalue weighted by Crippen LogP contribution is 2.72. The molecule has 4 aliphatic rings. The van der Waals surface area contributed by atoms with Gasteiger partial charge in [-0.2, -0.15) is 0 Å². The number of hydrogen-bond donors (Lipinski definition) is 0. The third-order valence-electron chi connectivity index (χ3n) is 4.91. The molecule has 15 heavy (non-hydrogen) atoms. The Balaban J connectivity index is 1.89. The van der Waals surface area contributed by atoms with E-state index in [0.717, 1.165) is 0 Å². The second-order valence-corrected chi connectivity index (χ2v) is 5.36. The third-order valence-corrected chi connectivity index (χ3v) is 4.91. The Morgan fingerprint density at radius 2 is 1.40 bits per heavy atom. The molecule has 2 nitrogen and oxygen atoms in total. The zero-order valence-electron chi connectivity index (χ0n) is 8.35. The van der Waals surface area contributed by atoms with Gasteiger partial charge in [0.1, 0.15) is 0 Å². The van der Waals surface area contributed by atoms with E-state index in [-0.39, 0.29) is 23.4 Å². The van der Waals surface area contributed by atoms with Gasteiger partial charge in [-0.15, -0.1) is 0 Å². The van der Waals surface area contributed by atoms with Crippen LogP contribution in [0.15, 0.2) is 24.3 Å². The van der Waals surface area contributed by atoms with E-state index >= 15 is 0 Å². The SMILES string of the molecule is O=C1C=CC(=O)[C@H]2[C@@H]1[C@H]1C=C[C@@H]2C12CC2. The summed E-state index contributed by atoms with van der Waals surface area (Å²) in [6.07, 6.45) is 9.81. The maximum atomic E-state index is 11.9. The molecule has 2 fully saturated rings. The summed E-state index contributed by atoms with van der Waals surface area (Å²) in [5.41, 5.74) is 0.326. The van der Waals surface area contributed by atoms with Crippen LogP contribution < -0.4 is 0 Å². The van der Waals surface area contributed by atoms with Crippen LogP contribution in [-0.2, 0) is 9.59 Å². The fourth-order valence-electron chi connectivity index (χ4n) is 4.15. The molecule has 4 aliphatic carbocycles. The van der Waals surface area contributed by atoms with Crippen LogP contribution in [0.2, 0.25) is 0 Å². The van der Waals surface area contributed by atoms with Gasteiger partial charge in [-0.3, -0.25) is 9.59 Å². The molecule has 0 unspecified atom stereocenters. The molecule has 0 heterocycles. The number of allylic oxidation sites excluding steroid dienone is 4. The second-order valence-electron chi connectivity index (χ2n) is 5.36. The quantitative estimate of drug-likeness (QED) is 0.556. The minimum Gasteiger partial charge on any atom is -0.294 e. The summed E-state index contributed by atoms with van der Waals surface area (Å²) in [7, 11) is 0. The van der Waals surface area contributed by atoms with Crippen molar-refractivity contribution in [3.8, 4) is 0 Å². The first-order valence-corrected chi connectivity index (χ1v) is 5.68. The van der Waals surface area contributed by atoms with E-state index in [1.807, 2.05) is 0 Å². The van der Waals surface area contributed by atoms with Gasteiger partial charge < -0.3 is 0 Å². The summed E-state index contributed by atoms with van der Waals surface area (Å²) in [4.78, 5) is 23.7. The Hall–Kier alpha value is -1.18. The average molecular weight is 200 g/mol. The van der Waals surface area contributed by atoms with Crippen molar-refractivity contribution in [3.63, 3.8) is 0 Å². The number of carbonyl (C=O) groups is 2. The van der Waals surface area contributed by atoms with Gasteiger partial charge in [-0.25, -0.2) is 0 Å². The Morgan fingerprint density at radius 1 is 0.933 bits per heavy atom. The predicted molar refractivity (Wildman–Crippen MR) is 53.9 cm³/mol. The summed E-state index contributed by atoms with van der Waals surface area (Å²) < 4.78 is 0. The number of ketones is 2. The molecule has 4 atom stereocenters. The van der Waals surface area contributed by atoms with Crippen molar-refractivity contribution >= 4 is 11.6 Å². The van der Waals surface area contributed by atoms with Crippen molar-refractivity contribution in [1.82, 2.24) is 0 Å². The fraction of sp³-hybridized carbons (Fsp3) is 0.538. The van der Waals surface area contributed by atoms with Crippen LogP contribution in [0.25, 0.3) is 0 Å². The maximum absolute atomic E-state index is 11.9. The first kappa shape index (κ1) is 8.03. The number of rotatable bonds is 0. The van der Waals surface area contributed by atoms with Crippen molar-refractivity contribution in [2.24, 2.45) is 29.1 Å². The molecule has 4 rings (SSSR count). The molecule has 76 valence electrons. The normalized spacial score (nSPS) is 47.7. The van der Waals surface area contributed by atoms with Crippen LogP contribution in [0.1, 0.15) is 12.8 Å². The van der Waals surface area contributed by atoms with E-state index in [1.165, 1.54) is 25.0 Å². The highest BCUT2D eigenvalue weighted by Gasteiger charge is 2.69. The summed E-state index contributed by atoms with van der Waals surface area (Å²) in [5.74, 6) is 1.08. The first-order chi connectivity index (χ1) is 7.24. The van der Waals surface area contributed by atoms with E-state index in [1.54, 1.807) is 0 Å². The lowest BCUT2D eigenvalue weighted by molar-refractivity contribution is -0.129. The first-order valence-electron chi connectivity index (χ1n) is 5.68. The summed E-state index contributed by atoms with van der Waals surface area (Å²) in [6, 6.07) is 0. The van der Waals surface area contributed by atoms with Crippen LogP contribution in [0.4, 0.5) is 0 Å². The molecule has 0 N–H and O–H groups in total. The smallest absolute Gasteiger partial charge is 0.160 e. The topological polar surface area (TPSA) is 34.1 Å². The van der Waals surface area contributed by atoms with E-state index in [0.29, 0.717) is 17.3 Å². The highest BCUT2D eigenvalue weighted by molar-refractivity contribution is 6.08. The second kappa shape index (κ2) is 2.16. The standard InChI is InChI=1S/C13H12O2/c14-9-3-4-10(15)12-8-2-1-7(11(9)12)13(8)5-6-13/h1-4,7-8,11-12H,5-6H2/t7-,8+,11-,12+. The lowest BCUT2D eigenvalue weighted by Crippen LogP contribution is -2.34. The van der Waals surface area contributed by atoms with Crippen molar-refractivity contribution in [1.29, 1.82) is 0 Å². The molecule has 2 bridgehead atoms. The zero-order valence-corrected chi connectivity index (χ0v) is 8.35. The van der Waals surface area contributed by atoms with Gasteiger partial charge in [0, 0.05) is 11.8 Å². The third kappa shape index (κ3) is 0.715. The minimum atomic E-state index is -0.0139. The lowest BCUT2D eigenvalue weighted by atomic mass is 9.75. The van der Waals surface area contributed by atoms with Crippen molar-refractivity contribution in [3.05, 3.63) is 24.3 Å². The average Bonchev–Trinajstić information content (AvgIpc) is 2.88. The van der Waals surface area contributed by atoms with Crippen molar-refractivity contribution in [2.75, 3.05) is 0 Å². The highest BCUT2D eigenvalue weighted by atomic mass is 16.1. The van der Waals surface area contributed by atoms with Crippen LogP contribution in [-0.4, -0.2) is 11.6 Å². The zero-order chi connectivity index (χ0) is 10.2. The number of hydrogen-bond acceptors (Lipinski definition) is 2. The maximum Gasteiger partial charge on any atom is 0.160 e. The van der Waals surface area contributed by atoms with E-state index in [2.05, 4.69) is 12.2 Å². The molecule has 0 amide bonds. The largest absolute Gasteiger partial charge is 0.294 e. The van der Waals surface area contributed by atoms with Gasteiger partial charge in [-0.05, 0) is 42.2 Å². The van der Waals surface area contributed by atoms with Gasteiger partial charge in [-0.1, -0.05) is 12.2 Å². The van der Waals surface area contributed by atoms with Gasteiger partial charge in [0.15, 0.2) is 11.6 Å². The monoisotopic (exact) mass is 200 g/mol. The molecule has 0 radical (unpaired) electrons. The molecule has 0 aromatic carbocycles. The van der Waals surface area contributed by atoms with E-state index in [4.69, 9.17) is 0 Å². The minimum absolute atomic E-state index is 0.0139. The Morgan fingerprint density at radius 3 is 1.80 bits per heavy atom. The summed E-state index contributed by atoms with van der Waals surface area (Å²) in [6.45, 7) is 0. The van der Waals surface area contributed by atoms with E-state index < -0.39 is 0 Å². The molecule has 2 saturated carbocycles. The molecule has 2 heteroatoms. The van der Waals surface area contributed by atoms with Crippen LogP contribution in [0.3, 0.4) is 0 Å². The molecule has 1 spiro atoms. The predicted octanol–water partition coefficient (Wildman–Crippen LogP) is 1.52. The fourth-order valence-corrected chi connectivity index (χ4v) is 4.15.